The number of rotatable bonds is 1. The van der Waals surface area contributed by atoms with E-state index in [1.165, 1.54) is 18.3 Å². The molecule has 1 N–H and O–H groups in total. The molecule has 0 radical (unpaired) electrons. The van der Waals surface area contributed by atoms with Gasteiger partial charge in [-0.05, 0) is 12.1 Å². The monoisotopic (exact) mass is 193 g/mol. The molecule has 5 heteroatoms. The highest BCUT2D eigenvalue weighted by atomic mass is 19.3. The van der Waals surface area contributed by atoms with E-state index in [1.807, 2.05) is 6.07 Å². The minimum atomic E-state index is -2.57. The number of nitrogens with one attached hydrogen (secondary N) is 1. The van der Waals surface area contributed by atoms with Gasteiger partial charge in [0.2, 0.25) is 0 Å². The van der Waals surface area contributed by atoms with Crippen LogP contribution in [-0.2, 0) is 0 Å². The number of alkyl halides is 2. The molecule has 2 heterocycles. The van der Waals surface area contributed by atoms with Crippen LogP contribution < -0.4 is 0 Å². The maximum absolute atomic E-state index is 12.3. The van der Waals surface area contributed by atoms with Gasteiger partial charge in [-0.25, -0.2) is 13.8 Å². The molecule has 14 heavy (non-hydrogen) atoms. The summed E-state index contributed by atoms with van der Waals surface area (Å²) in [6.07, 6.45) is -1.16. The average Bonchev–Trinajstić information content (AvgIpc) is 2.60. The molecule has 2 aromatic heterocycles. The fourth-order valence-electron chi connectivity index (χ4n) is 1.26. The molecular weight excluding hydrogens is 188 g/mol. The highest BCUT2D eigenvalue weighted by Crippen LogP contribution is 2.23. The van der Waals surface area contributed by atoms with Gasteiger partial charge in [-0.3, -0.25) is 0 Å². The molecule has 3 nitrogen and oxygen atoms in total. The SMILES string of the molecule is N#Cc1ccnc2[nH]c(C(F)F)cc12. The van der Waals surface area contributed by atoms with E-state index in [0.717, 1.165) is 0 Å². The van der Waals surface area contributed by atoms with Gasteiger partial charge in [0.15, 0.2) is 0 Å². The summed E-state index contributed by atoms with van der Waals surface area (Å²) in [6, 6.07) is 4.66. The molecule has 0 aliphatic heterocycles. The quantitative estimate of drug-likeness (QED) is 0.755. The molecule has 70 valence electrons. The highest BCUT2D eigenvalue weighted by molar-refractivity contribution is 5.82. The van der Waals surface area contributed by atoms with Gasteiger partial charge in [0.1, 0.15) is 5.65 Å². The molecule has 0 aromatic carbocycles. The van der Waals surface area contributed by atoms with Crippen molar-refractivity contribution in [2.24, 2.45) is 0 Å². The summed E-state index contributed by atoms with van der Waals surface area (Å²) in [4.78, 5) is 6.31. The summed E-state index contributed by atoms with van der Waals surface area (Å²) in [5, 5.41) is 9.14. The molecule has 0 spiro atoms. The Hall–Kier alpha value is -1.96. The number of nitriles is 1. The molecule has 2 aromatic rings. The van der Waals surface area contributed by atoms with Crippen molar-refractivity contribution in [1.29, 1.82) is 5.26 Å². The van der Waals surface area contributed by atoms with Crippen LogP contribution in [-0.4, -0.2) is 9.97 Å². The zero-order chi connectivity index (χ0) is 10.1. The van der Waals surface area contributed by atoms with Gasteiger partial charge in [0.05, 0.1) is 17.3 Å². The highest BCUT2D eigenvalue weighted by Gasteiger charge is 2.12. The summed E-state index contributed by atoms with van der Waals surface area (Å²) < 4.78 is 24.6. The van der Waals surface area contributed by atoms with Crippen molar-refractivity contribution < 1.29 is 8.78 Å². The Morgan fingerprint density at radius 3 is 2.93 bits per heavy atom. The number of aromatic nitrogens is 2. The van der Waals surface area contributed by atoms with Crippen molar-refractivity contribution in [1.82, 2.24) is 9.97 Å². The Morgan fingerprint density at radius 2 is 2.29 bits per heavy atom. The zero-order valence-electron chi connectivity index (χ0n) is 6.96. The Balaban J connectivity index is 2.72. The maximum atomic E-state index is 12.3. The van der Waals surface area contributed by atoms with E-state index in [9.17, 15) is 8.78 Å². The summed E-state index contributed by atoms with van der Waals surface area (Å²) >= 11 is 0. The predicted octanol–water partition coefficient (Wildman–Crippen LogP) is 2.37. The van der Waals surface area contributed by atoms with E-state index < -0.39 is 6.43 Å². The lowest BCUT2D eigenvalue weighted by Gasteiger charge is -1.89. The molecule has 0 atom stereocenters. The van der Waals surface area contributed by atoms with E-state index in [4.69, 9.17) is 5.26 Å². The number of H-pyrrole nitrogens is 1. The number of hydrogen-bond acceptors (Lipinski definition) is 2. The first-order chi connectivity index (χ1) is 6.72. The third-order valence-electron chi connectivity index (χ3n) is 1.91. The van der Waals surface area contributed by atoms with Gasteiger partial charge in [0, 0.05) is 11.6 Å². The summed E-state index contributed by atoms with van der Waals surface area (Å²) in [6.45, 7) is 0. The standard InChI is InChI=1S/C9H5F2N3/c10-8(11)7-3-6-5(4-12)1-2-13-9(6)14-7/h1-3,8H,(H,13,14). The maximum Gasteiger partial charge on any atom is 0.278 e. The summed E-state index contributed by atoms with van der Waals surface area (Å²) in [5.74, 6) is 0. The second-order valence-corrected chi connectivity index (χ2v) is 2.76. The Morgan fingerprint density at radius 1 is 1.50 bits per heavy atom. The smallest absolute Gasteiger partial charge is 0.278 e. The van der Waals surface area contributed by atoms with Gasteiger partial charge >= 0.3 is 0 Å². The fraction of sp³-hybridized carbons (Fsp3) is 0.111. The van der Waals surface area contributed by atoms with E-state index in [0.29, 0.717) is 16.6 Å². The van der Waals surface area contributed by atoms with Crippen LogP contribution in [0.2, 0.25) is 0 Å². The third-order valence-corrected chi connectivity index (χ3v) is 1.91. The first-order valence-corrected chi connectivity index (χ1v) is 3.88. The van der Waals surface area contributed by atoms with Gasteiger partial charge in [-0.15, -0.1) is 0 Å². The van der Waals surface area contributed by atoms with Crippen molar-refractivity contribution in [2.45, 2.75) is 6.43 Å². The molecule has 0 saturated heterocycles. The number of pyridine rings is 1. The molecule has 0 saturated carbocycles. The van der Waals surface area contributed by atoms with Crippen LogP contribution in [0.15, 0.2) is 18.3 Å². The van der Waals surface area contributed by atoms with E-state index in [-0.39, 0.29) is 5.69 Å². The van der Waals surface area contributed by atoms with E-state index in [1.54, 1.807) is 0 Å². The van der Waals surface area contributed by atoms with Gasteiger partial charge in [-0.1, -0.05) is 0 Å². The summed E-state index contributed by atoms with van der Waals surface area (Å²) in [7, 11) is 0. The van der Waals surface area contributed by atoms with Crippen molar-refractivity contribution in [2.75, 3.05) is 0 Å². The van der Waals surface area contributed by atoms with Gasteiger partial charge in [0.25, 0.3) is 6.43 Å². The van der Waals surface area contributed by atoms with Crippen molar-refractivity contribution in [3.05, 3.63) is 29.6 Å². The predicted molar refractivity (Wildman–Crippen MR) is 45.8 cm³/mol. The lowest BCUT2D eigenvalue weighted by molar-refractivity contribution is 0.147. The van der Waals surface area contributed by atoms with Crippen LogP contribution in [0.4, 0.5) is 8.78 Å². The van der Waals surface area contributed by atoms with Gasteiger partial charge in [-0.2, -0.15) is 5.26 Å². The molecule has 0 amide bonds. The largest absolute Gasteiger partial charge is 0.338 e. The van der Waals surface area contributed by atoms with Crippen LogP contribution in [0.25, 0.3) is 11.0 Å². The van der Waals surface area contributed by atoms with Gasteiger partial charge < -0.3 is 4.98 Å². The first-order valence-electron chi connectivity index (χ1n) is 3.88. The van der Waals surface area contributed by atoms with Crippen molar-refractivity contribution in [3.8, 4) is 6.07 Å². The third kappa shape index (κ3) is 1.21. The van der Waals surface area contributed by atoms with Crippen LogP contribution >= 0.6 is 0 Å². The fourth-order valence-corrected chi connectivity index (χ4v) is 1.26. The van der Waals surface area contributed by atoms with Crippen molar-refractivity contribution in [3.63, 3.8) is 0 Å². The second kappa shape index (κ2) is 3.07. The summed E-state index contributed by atoms with van der Waals surface area (Å²) in [5.41, 5.74) is 0.452. The number of fused-ring (bicyclic) bond motifs is 1. The van der Waals surface area contributed by atoms with E-state index >= 15 is 0 Å². The van der Waals surface area contributed by atoms with Crippen LogP contribution in [0.3, 0.4) is 0 Å². The molecular formula is C9H5F2N3. The second-order valence-electron chi connectivity index (χ2n) is 2.76. The molecule has 0 aliphatic rings. The molecule has 0 fully saturated rings. The topological polar surface area (TPSA) is 52.5 Å². The molecule has 0 aliphatic carbocycles. The molecule has 0 unspecified atom stereocenters. The number of aromatic amines is 1. The lowest BCUT2D eigenvalue weighted by atomic mass is 10.2. The lowest BCUT2D eigenvalue weighted by Crippen LogP contribution is -1.82. The van der Waals surface area contributed by atoms with Crippen molar-refractivity contribution >= 4 is 11.0 Å². The number of nitrogens with zero attached hydrogens (tertiary/aromatic N) is 2. The normalized spacial score (nSPS) is 10.7. The zero-order valence-corrected chi connectivity index (χ0v) is 6.96. The Kier molecular flexibility index (Phi) is 1.89. The molecule has 0 bridgehead atoms. The minimum absolute atomic E-state index is 0.213. The van der Waals surface area contributed by atoms with Crippen LogP contribution in [0, 0.1) is 11.3 Å². The average molecular weight is 193 g/mol. The number of halogens is 2. The van der Waals surface area contributed by atoms with Crippen LogP contribution in [0.1, 0.15) is 17.7 Å². The van der Waals surface area contributed by atoms with Crippen LogP contribution in [0.5, 0.6) is 0 Å². The Bertz CT molecular complexity index is 510. The minimum Gasteiger partial charge on any atom is -0.338 e. The molecule has 2 rings (SSSR count). The number of hydrogen-bond donors (Lipinski definition) is 1. The Labute approximate surface area is 78.0 Å². The first kappa shape index (κ1) is 8.63. The van der Waals surface area contributed by atoms with E-state index in [2.05, 4.69) is 9.97 Å².